The third kappa shape index (κ3) is 19.8. The number of nitrogens with one attached hydrogen (secondary N) is 2. The molecule has 0 aromatic heterocycles. The van der Waals surface area contributed by atoms with Crippen molar-refractivity contribution in [1.82, 2.24) is 10.0 Å². The van der Waals surface area contributed by atoms with E-state index in [1.807, 2.05) is 0 Å². The number of Topliss-reactive ketones (excluding diaryl/α,β-unsaturated/α-hetero) is 1. The van der Waals surface area contributed by atoms with Crippen molar-refractivity contribution in [2.24, 2.45) is 16.5 Å². The zero-order valence-electron chi connectivity index (χ0n) is 32.2. The Morgan fingerprint density at radius 3 is 1.64 bits per heavy atom. The number of hydrogen-bond donors (Lipinski definition) is 6. The van der Waals surface area contributed by atoms with Crippen molar-refractivity contribution >= 4 is 39.7 Å². The maximum atomic E-state index is 14.7. The summed E-state index contributed by atoms with van der Waals surface area (Å²) in [6.45, 7) is 5.79. The number of amides is 2. The number of nitrogens with zero attached hydrogens (tertiary/aromatic N) is 1. The van der Waals surface area contributed by atoms with Crippen LogP contribution in [0.2, 0.25) is 0 Å². The second-order valence-electron chi connectivity index (χ2n) is 11.9. The van der Waals surface area contributed by atoms with Crippen molar-refractivity contribution in [2.45, 2.75) is 31.0 Å². The Labute approximate surface area is 334 Å². The summed E-state index contributed by atoms with van der Waals surface area (Å²) in [5, 5.41) is 21.2. The molecule has 2 aromatic carbocycles. The van der Waals surface area contributed by atoms with E-state index in [4.69, 9.17) is 44.6 Å². The molecule has 0 radical (unpaired) electrons. The van der Waals surface area contributed by atoms with Gasteiger partial charge in [-0.25, -0.2) is 21.9 Å². The average Bonchev–Trinajstić information content (AvgIpc) is 3.17. The van der Waals surface area contributed by atoms with E-state index < -0.39 is 63.2 Å². The van der Waals surface area contributed by atoms with E-state index in [9.17, 15) is 41.8 Å². The topological polar surface area (TPSA) is 279 Å². The van der Waals surface area contributed by atoms with E-state index in [0.717, 1.165) is 19.1 Å². The van der Waals surface area contributed by atoms with Crippen LogP contribution in [0.1, 0.15) is 19.4 Å². The molecule has 2 unspecified atom stereocenters. The minimum atomic E-state index is -3.92. The monoisotopic (exact) mass is 847 g/mol. The van der Waals surface area contributed by atoms with Crippen LogP contribution in [0.3, 0.4) is 0 Å². The molecular weight excluding hydrogens is 796 g/mol. The summed E-state index contributed by atoms with van der Waals surface area (Å²) in [6, 6.07) is 6.78. The lowest BCUT2D eigenvalue weighted by molar-refractivity contribution is -0.143. The van der Waals surface area contributed by atoms with Crippen LogP contribution in [0.4, 0.5) is 8.78 Å². The van der Waals surface area contributed by atoms with Gasteiger partial charge in [0.2, 0.25) is 10.0 Å². The number of rotatable bonds is 30. The lowest BCUT2D eigenvalue weighted by Crippen LogP contribution is -2.45. The third-order valence-electron chi connectivity index (χ3n) is 7.25. The number of halogens is 2. The van der Waals surface area contributed by atoms with E-state index in [0.29, 0.717) is 46.2 Å². The van der Waals surface area contributed by atoms with Crippen LogP contribution in [-0.4, -0.2) is 147 Å². The largest absolute Gasteiger partial charge is 0.451 e. The Hall–Kier alpha value is -4.49. The Morgan fingerprint density at radius 2 is 1.19 bits per heavy atom. The third-order valence-corrected chi connectivity index (χ3v) is 8.73. The molecule has 2 amide bonds. The van der Waals surface area contributed by atoms with Gasteiger partial charge in [-0.2, -0.15) is 4.99 Å². The molecule has 0 bridgehead atoms. The second kappa shape index (κ2) is 27.2. The zero-order valence-corrected chi connectivity index (χ0v) is 33.0. The quantitative estimate of drug-likeness (QED) is 0.0256. The molecule has 0 saturated heterocycles. The number of hydrogen-bond acceptors (Lipinski definition) is 14. The van der Waals surface area contributed by atoms with Gasteiger partial charge >= 0.3 is 0 Å². The number of aliphatic hydroxyl groups is 2. The number of sulfonamides is 1. The molecule has 324 valence electrons. The summed E-state index contributed by atoms with van der Waals surface area (Å²) < 4.78 is 94.6. The van der Waals surface area contributed by atoms with Crippen LogP contribution in [0.15, 0.2) is 51.9 Å². The average molecular weight is 848 g/mol. The number of ketones is 1. The van der Waals surface area contributed by atoms with Crippen molar-refractivity contribution in [1.29, 1.82) is 0 Å². The molecule has 19 nitrogen and oxygen atoms in total. The van der Waals surface area contributed by atoms with Crippen molar-refractivity contribution in [3.05, 3.63) is 59.2 Å². The zero-order chi connectivity index (χ0) is 42.9. The second-order valence-corrected chi connectivity index (χ2v) is 13.7. The Bertz CT molecular complexity index is 1740. The van der Waals surface area contributed by atoms with Gasteiger partial charge in [0.15, 0.2) is 35.2 Å². The van der Waals surface area contributed by atoms with E-state index in [-0.39, 0.29) is 67.9 Å². The van der Waals surface area contributed by atoms with Gasteiger partial charge in [0.25, 0.3) is 11.8 Å². The minimum absolute atomic E-state index is 0.0194. The number of nitrogens with two attached hydrogens (primary N) is 2. The fraction of sp³-hybridized carbons (Fsp3) is 0.500. The Kier molecular flexibility index (Phi) is 23.3. The van der Waals surface area contributed by atoms with Crippen LogP contribution >= 0.6 is 0 Å². The van der Waals surface area contributed by atoms with Crippen LogP contribution in [0.25, 0.3) is 6.08 Å². The summed E-state index contributed by atoms with van der Waals surface area (Å²) in [7, 11) is -3.92. The maximum Gasteiger partial charge on any atom is 0.275 e. The summed E-state index contributed by atoms with van der Waals surface area (Å²) >= 11 is 0. The molecule has 2 rings (SSSR count). The van der Waals surface area contributed by atoms with Crippen LogP contribution < -0.4 is 26.2 Å². The number of ether oxygens (including phenoxy) is 7. The molecule has 0 spiro atoms. The first kappa shape index (κ1) is 49.7. The molecule has 2 atom stereocenters. The van der Waals surface area contributed by atoms with Gasteiger partial charge in [0.1, 0.15) is 11.9 Å². The number of carbonyl (C=O) groups excluding carboxylic acids is 3. The first-order valence-corrected chi connectivity index (χ1v) is 19.3. The minimum Gasteiger partial charge on any atom is -0.451 e. The normalized spacial score (nSPS) is 12.8. The van der Waals surface area contributed by atoms with Gasteiger partial charge in [0, 0.05) is 18.7 Å². The first-order chi connectivity index (χ1) is 27.6. The van der Waals surface area contributed by atoms with Crippen LogP contribution in [0.5, 0.6) is 11.5 Å². The smallest absolute Gasteiger partial charge is 0.275 e. The summed E-state index contributed by atoms with van der Waals surface area (Å²) in [6.07, 6.45) is -2.41. The van der Waals surface area contributed by atoms with Crippen molar-refractivity contribution in [3.63, 3.8) is 0 Å². The molecule has 0 aliphatic carbocycles. The highest BCUT2D eigenvalue weighted by Crippen LogP contribution is 2.30. The molecule has 0 aliphatic heterocycles. The predicted octanol–water partition coefficient (Wildman–Crippen LogP) is -0.235. The fourth-order valence-corrected chi connectivity index (χ4v) is 5.35. The molecular formula is C36H51F2N5O14S. The van der Waals surface area contributed by atoms with Gasteiger partial charge in [0.05, 0.1) is 84.2 Å². The van der Waals surface area contributed by atoms with Gasteiger partial charge < -0.3 is 60.2 Å². The molecule has 0 fully saturated rings. The highest BCUT2D eigenvalue weighted by molar-refractivity contribution is 7.89. The van der Waals surface area contributed by atoms with Crippen molar-refractivity contribution in [2.75, 3.05) is 92.4 Å². The Morgan fingerprint density at radius 1 is 0.741 bits per heavy atom. The number of guanidine groups is 1. The Balaban J connectivity index is 1.48. The highest BCUT2D eigenvalue weighted by atomic mass is 32.2. The number of aliphatic hydroxyl groups excluding tert-OH is 2. The van der Waals surface area contributed by atoms with E-state index >= 15 is 0 Å². The summed E-state index contributed by atoms with van der Waals surface area (Å²) in [5.41, 5.74) is 10.4. The fourth-order valence-electron chi connectivity index (χ4n) is 4.33. The van der Waals surface area contributed by atoms with Gasteiger partial charge in [-0.15, -0.1) is 0 Å². The van der Waals surface area contributed by atoms with E-state index in [2.05, 4.69) is 15.0 Å². The number of carbonyl (C=O) groups is 3. The molecule has 0 aliphatic rings. The van der Waals surface area contributed by atoms with Gasteiger partial charge in [-0.05, 0) is 61.9 Å². The van der Waals surface area contributed by atoms with Crippen molar-refractivity contribution < 1.29 is 75.0 Å². The van der Waals surface area contributed by atoms with Crippen LogP contribution in [-0.2, 0) is 52.8 Å². The van der Waals surface area contributed by atoms with Crippen LogP contribution in [0, 0.1) is 11.6 Å². The van der Waals surface area contributed by atoms with E-state index in [1.54, 1.807) is 0 Å². The van der Waals surface area contributed by atoms with Gasteiger partial charge in [-0.3, -0.25) is 14.4 Å². The standard InChI is InChI=1S/C36H51F2N5O14S/c1-24(34(47)43-36(39)40)21-26-22-29(37)33(30(38)23-26)57-27-3-5-28(6-4-27)58(49,50)42-8-10-52-12-14-54-16-18-56-20-19-55-17-15-53-13-11-51-9-7-41-35(48)32(46)31(45)25(2)44/h3-6,21-23,31-32,42,45-46H,7-20H2,1-2H3,(H,41,48)(H4,39,40,43,47)/b24-21+. The van der Waals surface area contributed by atoms with Gasteiger partial charge in [-0.1, -0.05) is 0 Å². The molecule has 0 saturated carbocycles. The number of benzene rings is 2. The summed E-state index contributed by atoms with van der Waals surface area (Å²) in [5.74, 6) is -5.70. The molecule has 0 heterocycles. The molecule has 22 heteroatoms. The summed E-state index contributed by atoms with van der Waals surface area (Å²) in [4.78, 5) is 37.7. The van der Waals surface area contributed by atoms with Crippen molar-refractivity contribution in [3.8, 4) is 11.5 Å². The molecule has 58 heavy (non-hydrogen) atoms. The number of aliphatic imine (C=N–C) groups is 1. The maximum absolute atomic E-state index is 14.7. The molecule has 2 aromatic rings. The predicted molar refractivity (Wildman–Crippen MR) is 203 cm³/mol. The SMILES string of the molecule is CC(=O)C(O)C(O)C(=O)NCCOCCOCCOCCOCCOCCOCCNS(=O)(=O)c1ccc(Oc2c(F)cc(/C=C(\C)C(=O)N=C(N)N)cc2F)cc1. The lowest BCUT2D eigenvalue weighted by atomic mass is 10.1. The molecule has 8 N–H and O–H groups in total. The van der Waals surface area contributed by atoms with E-state index in [1.165, 1.54) is 37.3 Å². The lowest BCUT2D eigenvalue weighted by Gasteiger charge is -2.15. The first-order valence-electron chi connectivity index (χ1n) is 17.8. The highest BCUT2D eigenvalue weighted by Gasteiger charge is 2.27.